The maximum absolute atomic E-state index is 11.6. The molecule has 70 valence electrons. The standard InChI is InChI=1S/C12H16O/c1-3-10(2)11-8-6-4-5-7-9-12(11)13/h4-5,7-10H,3,6H2,1-2H3/b5-4-,9-7-,11-8?. The minimum atomic E-state index is 0.165. The van der Waals surface area contributed by atoms with Crippen molar-refractivity contribution in [2.75, 3.05) is 0 Å². The topological polar surface area (TPSA) is 17.1 Å². The summed E-state index contributed by atoms with van der Waals surface area (Å²) in [5.74, 6) is 0.544. The summed E-state index contributed by atoms with van der Waals surface area (Å²) in [6.45, 7) is 4.21. The molecular formula is C12H16O. The van der Waals surface area contributed by atoms with Gasteiger partial charge in [-0.25, -0.2) is 0 Å². The average molecular weight is 176 g/mol. The average Bonchev–Trinajstić information content (AvgIpc) is 2.11. The predicted octanol–water partition coefficient (Wildman–Crippen LogP) is 3.04. The maximum Gasteiger partial charge on any atom is 0.181 e. The zero-order valence-electron chi connectivity index (χ0n) is 8.29. The van der Waals surface area contributed by atoms with Crippen LogP contribution in [0, 0.1) is 5.92 Å². The van der Waals surface area contributed by atoms with Gasteiger partial charge in [-0.3, -0.25) is 4.79 Å². The Kier molecular flexibility index (Phi) is 3.69. The lowest BCUT2D eigenvalue weighted by Crippen LogP contribution is -2.08. The summed E-state index contributed by atoms with van der Waals surface area (Å²) in [7, 11) is 0. The minimum Gasteiger partial charge on any atom is -0.290 e. The van der Waals surface area contributed by atoms with Crippen LogP contribution in [0.1, 0.15) is 26.7 Å². The Bertz CT molecular complexity index is 269. The molecule has 1 heteroatoms. The first kappa shape index (κ1) is 9.97. The molecule has 0 heterocycles. The van der Waals surface area contributed by atoms with Gasteiger partial charge in [-0.05, 0) is 30.4 Å². The van der Waals surface area contributed by atoms with Crippen LogP contribution < -0.4 is 0 Å². The number of hydrogen-bond donors (Lipinski definition) is 0. The second-order valence-corrected chi connectivity index (χ2v) is 3.36. The molecular weight excluding hydrogens is 160 g/mol. The van der Waals surface area contributed by atoms with Gasteiger partial charge in [-0.15, -0.1) is 0 Å². The Balaban J connectivity index is 2.86. The van der Waals surface area contributed by atoms with Crippen LogP contribution in [0.4, 0.5) is 0 Å². The van der Waals surface area contributed by atoms with Crippen molar-refractivity contribution >= 4 is 5.78 Å². The number of carbonyl (C=O) groups excluding carboxylic acids is 1. The van der Waals surface area contributed by atoms with Crippen LogP contribution in [0.3, 0.4) is 0 Å². The lowest BCUT2D eigenvalue weighted by atomic mass is 9.93. The number of carbonyl (C=O) groups is 1. The van der Waals surface area contributed by atoms with E-state index in [0.717, 1.165) is 18.4 Å². The molecule has 1 nitrogen and oxygen atoms in total. The lowest BCUT2D eigenvalue weighted by Gasteiger charge is -2.11. The fraction of sp³-hybridized carbons (Fsp3) is 0.417. The van der Waals surface area contributed by atoms with Crippen molar-refractivity contribution in [3.05, 3.63) is 36.0 Å². The summed E-state index contributed by atoms with van der Waals surface area (Å²) in [6, 6.07) is 0. The molecule has 1 unspecified atom stereocenters. The smallest absolute Gasteiger partial charge is 0.181 e. The van der Waals surface area contributed by atoms with Gasteiger partial charge in [0.15, 0.2) is 5.78 Å². The quantitative estimate of drug-likeness (QED) is 0.632. The number of hydrogen-bond acceptors (Lipinski definition) is 1. The third-order valence-corrected chi connectivity index (χ3v) is 2.40. The Hall–Kier alpha value is -1.11. The molecule has 0 amide bonds. The molecule has 0 aliphatic heterocycles. The van der Waals surface area contributed by atoms with Crippen molar-refractivity contribution in [2.24, 2.45) is 5.92 Å². The SMILES string of the molecule is CCC(C)C1=CC/C=C\C=C/C1=O. The Morgan fingerprint density at radius 2 is 2.23 bits per heavy atom. The Morgan fingerprint density at radius 1 is 1.46 bits per heavy atom. The Morgan fingerprint density at radius 3 is 2.92 bits per heavy atom. The summed E-state index contributed by atoms with van der Waals surface area (Å²) in [5.41, 5.74) is 0.961. The van der Waals surface area contributed by atoms with Gasteiger partial charge in [-0.2, -0.15) is 0 Å². The van der Waals surface area contributed by atoms with Gasteiger partial charge < -0.3 is 0 Å². The Labute approximate surface area is 79.8 Å². The molecule has 0 saturated heterocycles. The van der Waals surface area contributed by atoms with Crippen molar-refractivity contribution in [1.29, 1.82) is 0 Å². The van der Waals surface area contributed by atoms with Gasteiger partial charge in [0.25, 0.3) is 0 Å². The lowest BCUT2D eigenvalue weighted by molar-refractivity contribution is -0.111. The van der Waals surface area contributed by atoms with Crippen molar-refractivity contribution in [3.8, 4) is 0 Å². The fourth-order valence-electron chi connectivity index (χ4n) is 1.36. The normalized spacial score (nSPS) is 24.2. The van der Waals surface area contributed by atoms with E-state index in [1.165, 1.54) is 0 Å². The monoisotopic (exact) mass is 176 g/mol. The van der Waals surface area contributed by atoms with E-state index in [-0.39, 0.29) is 5.78 Å². The van der Waals surface area contributed by atoms with Gasteiger partial charge in [0.2, 0.25) is 0 Å². The largest absolute Gasteiger partial charge is 0.290 e. The van der Waals surface area contributed by atoms with Crippen LogP contribution in [0.25, 0.3) is 0 Å². The van der Waals surface area contributed by atoms with E-state index in [1.807, 2.05) is 18.2 Å². The molecule has 1 atom stereocenters. The van der Waals surface area contributed by atoms with Gasteiger partial charge in [0.1, 0.15) is 0 Å². The zero-order valence-corrected chi connectivity index (χ0v) is 8.29. The number of ketones is 1. The van der Waals surface area contributed by atoms with Gasteiger partial charge in [0, 0.05) is 0 Å². The third-order valence-electron chi connectivity index (χ3n) is 2.40. The molecule has 0 bridgehead atoms. The molecule has 0 aromatic heterocycles. The molecule has 0 spiro atoms. The molecule has 0 N–H and O–H groups in total. The highest BCUT2D eigenvalue weighted by molar-refractivity contribution is 6.04. The second kappa shape index (κ2) is 4.80. The molecule has 0 aromatic carbocycles. The van der Waals surface area contributed by atoms with Crippen LogP contribution >= 0.6 is 0 Å². The summed E-state index contributed by atoms with van der Waals surface area (Å²) in [6.07, 6.45) is 11.4. The van der Waals surface area contributed by atoms with Crippen LogP contribution in [0.15, 0.2) is 36.0 Å². The van der Waals surface area contributed by atoms with E-state index in [2.05, 4.69) is 19.9 Å². The third kappa shape index (κ3) is 2.69. The molecule has 1 aliphatic rings. The van der Waals surface area contributed by atoms with Crippen molar-refractivity contribution < 1.29 is 4.79 Å². The van der Waals surface area contributed by atoms with Crippen LogP contribution in [-0.4, -0.2) is 5.78 Å². The second-order valence-electron chi connectivity index (χ2n) is 3.36. The highest BCUT2D eigenvalue weighted by Gasteiger charge is 2.12. The van der Waals surface area contributed by atoms with Crippen LogP contribution in [0.2, 0.25) is 0 Å². The first-order valence-electron chi connectivity index (χ1n) is 4.83. The van der Waals surface area contributed by atoms with Crippen LogP contribution in [-0.2, 0) is 4.79 Å². The van der Waals surface area contributed by atoms with Gasteiger partial charge in [-0.1, -0.05) is 38.2 Å². The van der Waals surface area contributed by atoms with Crippen LogP contribution in [0.5, 0.6) is 0 Å². The van der Waals surface area contributed by atoms with Crippen molar-refractivity contribution in [2.45, 2.75) is 26.7 Å². The molecule has 0 radical (unpaired) electrons. The van der Waals surface area contributed by atoms with Crippen molar-refractivity contribution in [3.63, 3.8) is 0 Å². The highest BCUT2D eigenvalue weighted by atomic mass is 16.1. The van der Waals surface area contributed by atoms with E-state index >= 15 is 0 Å². The highest BCUT2D eigenvalue weighted by Crippen LogP contribution is 2.17. The molecule has 0 fully saturated rings. The van der Waals surface area contributed by atoms with Gasteiger partial charge in [0.05, 0.1) is 0 Å². The molecule has 1 aliphatic carbocycles. The molecule has 0 saturated carbocycles. The summed E-state index contributed by atoms with van der Waals surface area (Å²) in [4.78, 5) is 11.6. The first-order valence-corrected chi connectivity index (χ1v) is 4.83. The minimum absolute atomic E-state index is 0.165. The molecule has 13 heavy (non-hydrogen) atoms. The van der Waals surface area contributed by atoms with E-state index in [0.29, 0.717) is 5.92 Å². The maximum atomic E-state index is 11.6. The van der Waals surface area contributed by atoms with E-state index < -0.39 is 0 Å². The van der Waals surface area contributed by atoms with E-state index in [9.17, 15) is 4.79 Å². The first-order chi connectivity index (χ1) is 6.25. The van der Waals surface area contributed by atoms with E-state index in [4.69, 9.17) is 0 Å². The zero-order chi connectivity index (χ0) is 9.68. The summed E-state index contributed by atoms with van der Waals surface area (Å²) >= 11 is 0. The van der Waals surface area contributed by atoms with Crippen molar-refractivity contribution in [1.82, 2.24) is 0 Å². The summed E-state index contributed by atoms with van der Waals surface area (Å²) < 4.78 is 0. The molecule has 0 aromatic rings. The fourth-order valence-corrected chi connectivity index (χ4v) is 1.36. The molecule has 1 rings (SSSR count). The summed E-state index contributed by atoms with van der Waals surface area (Å²) in [5, 5.41) is 0. The van der Waals surface area contributed by atoms with Gasteiger partial charge >= 0.3 is 0 Å². The van der Waals surface area contributed by atoms with E-state index in [1.54, 1.807) is 6.08 Å². The number of allylic oxidation sites excluding steroid dienone is 6. The predicted molar refractivity (Wildman–Crippen MR) is 55.4 cm³/mol. The number of rotatable bonds is 2.